The first-order valence-corrected chi connectivity index (χ1v) is 7.71. The molecule has 2 N–H and O–H groups in total. The van der Waals surface area contributed by atoms with E-state index in [9.17, 15) is 4.79 Å². The van der Waals surface area contributed by atoms with E-state index < -0.39 is 0 Å². The van der Waals surface area contributed by atoms with Gasteiger partial charge in [0.15, 0.2) is 5.82 Å². The topological polar surface area (TPSA) is 92.3 Å². The van der Waals surface area contributed by atoms with E-state index in [1.165, 1.54) is 0 Å². The zero-order valence-electron chi connectivity index (χ0n) is 14.1. The number of benzene rings is 1. The monoisotopic (exact) mass is 330 g/mol. The van der Waals surface area contributed by atoms with Gasteiger partial charge in [-0.25, -0.2) is 4.79 Å². The Morgan fingerprint density at radius 3 is 2.67 bits per heavy atom. The molecule has 0 saturated heterocycles. The smallest absolute Gasteiger partial charge is 0.338 e. The Balaban J connectivity index is 1.96. The molecule has 24 heavy (non-hydrogen) atoms. The molecule has 0 aliphatic rings. The lowest BCUT2D eigenvalue weighted by atomic mass is 10.2. The number of anilines is 3. The fraction of sp³-hybridized carbons (Fsp3) is 0.375. The zero-order valence-corrected chi connectivity index (χ0v) is 14.1. The second kappa shape index (κ2) is 8.78. The molecule has 8 heteroatoms. The lowest BCUT2D eigenvalue weighted by molar-refractivity contribution is 0.0526. The van der Waals surface area contributed by atoms with Crippen LogP contribution in [0.5, 0.6) is 0 Å². The van der Waals surface area contributed by atoms with Gasteiger partial charge >= 0.3 is 5.97 Å². The highest BCUT2D eigenvalue weighted by Crippen LogP contribution is 2.15. The van der Waals surface area contributed by atoms with Crippen molar-refractivity contribution in [3.63, 3.8) is 0 Å². The standard InChI is InChI=1S/C16H22N6O2/c1-4-24-15(23)12-5-7-13(8-6-12)19-16-20-14(11-18-21-16)17-9-10-22(2)3/h5-8,11H,4,9-10H2,1-3H3,(H2,17,19,20,21). The summed E-state index contributed by atoms with van der Waals surface area (Å²) in [4.78, 5) is 18.0. The number of nitrogens with one attached hydrogen (secondary N) is 2. The summed E-state index contributed by atoms with van der Waals surface area (Å²) in [6.07, 6.45) is 1.57. The Morgan fingerprint density at radius 1 is 1.25 bits per heavy atom. The maximum atomic E-state index is 11.6. The Labute approximate surface area is 141 Å². The maximum Gasteiger partial charge on any atom is 0.338 e. The molecule has 0 radical (unpaired) electrons. The van der Waals surface area contributed by atoms with Gasteiger partial charge in [0.1, 0.15) is 0 Å². The van der Waals surface area contributed by atoms with Gasteiger partial charge in [0, 0.05) is 18.8 Å². The van der Waals surface area contributed by atoms with Crippen LogP contribution in [0, 0.1) is 0 Å². The van der Waals surface area contributed by atoms with Crippen molar-refractivity contribution in [1.29, 1.82) is 0 Å². The van der Waals surface area contributed by atoms with Gasteiger partial charge in [-0.2, -0.15) is 10.1 Å². The van der Waals surface area contributed by atoms with Crippen molar-refractivity contribution in [3.05, 3.63) is 36.0 Å². The molecule has 0 aliphatic heterocycles. The molecule has 2 aromatic rings. The second-order valence-electron chi connectivity index (χ2n) is 5.32. The second-order valence-corrected chi connectivity index (χ2v) is 5.32. The lowest BCUT2D eigenvalue weighted by Gasteiger charge is -2.11. The van der Waals surface area contributed by atoms with Crippen LogP contribution < -0.4 is 10.6 Å². The van der Waals surface area contributed by atoms with Gasteiger partial charge in [0.05, 0.1) is 18.4 Å². The quantitative estimate of drug-likeness (QED) is 0.708. The summed E-state index contributed by atoms with van der Waals surface area (Å²) in [6, 6.07) is 6.91. The number of esters is 1. The van der Waals surface area contributed by atoms with Gasteiger partial charge in [-0.1, -0.05) is 0 Å². The molecule has 8 nitrogen and oxygen atoms in total. The molecule has 1 heterocycles. The van der Waals surface area contributed by atoms with Crippen LogP contribution in [0.4, 0.5) is 17.5 Å². The summed E-state index contributed by atoms with van der Waals surface area (Å²) >= 11 is 0. The van der Waals surface area contributed by atoms with Gasteiger partial charge in [-0.05, 0) is 45.3 Å². The summed E-state index contributed by atoms with van der Waals surface area (Å²) in [6.45, 7) is 3.78. The first-order chi connectivity index (χ1) is 11.6. The number of carbonyl (C=O) groups excluding carboxylic acids is 1. The van der Waals surface area contributed by atoms with Crippen LogP contribution in [0.3, 0.4) is 0 Å². The van der Waals surface area contributed by atoms with Gasteiger partial charge in [-0.15, -0.1) is 5.10 Å². The highest BCUT2D eigenvalue weighted by atomic mass is 16.5. The molecule has 1 aromatic carbocycles. The Bertz CT molecular complexity index is 660. The summed E-state index contributed by atoms with van der Waals surface area (Å²) < 4.78 is 4.95. The molecule has 0 fully saturated rings. The number of hydrogen-bond acceptors (Lipinski definition) is 8. The van der Waals surface area contributed by atoms with Crippen molar-refractivity contribution >= 4 is 23.4 Å². The Morgan fingerprint density at radius 2 is 2.00 bits per heavy atom. The predicted molar refractivity (Wildman–Crippen MR) is 92.6 cm³/mol. The molecule has 128 valence electrons. The minimum Gasteiger partial charge on any atom is -0.462 e. The highest BCUT2D eigenvalue weighted by Gasteiger charge is 2.06. The van der Waals surface area contributed by atoms with Gasteiger partial charge in [0.25, 0.3) is 0 Å². The normalized spacial score (nSPS) is 10.5. The number of rotatable bonds is 8. The van der Waals surface area contributed by atoms with E-state index in [2.05, 4.69) is 30.7 Å². The van der Waals surface area contributed by atoms with Crippen molar-refractivity contribution in [2.75, 3.05) is 44.4 Å². The molecular weight excluding hydrogens is 308 g/mol. The van der Waals surface area contributed by atoms with Gasteiger partial charge < -0.3 is 20.3 Å². The van der Waals surface area contributed by atoms with Crippen molar-refractivity contribution in [2.45, 2.75) is 6.92 Å². The molecule has 2 rings (SSSR count). The fourth-order valence-corrected chi connectivity index (χ4v) is 1.88. The number of aromatic nitrogens is 3. The molecule has 0 unspecified atom stereocenters. The molecule has 0 saturated carbocycles. The molecule has 0 spiro atoms. The first kappa shape index (κ1) is 17.6. The van der Waals surface area contributed by atoms with Crippen LogP contribution in [-0.2, 0) is 4.74 Å². The van der Waals surface area contributed by atoms with E-state index in [0.717, 1.165) is 18.8 Å². The third-order valence-electron chi connectivity index (χ3n) is 3.08. The average molecular weight is 330 g/mol. The molecule has 1 aromatic heterocycles. The van der Waals surface area contributed by atoms with Crippen molar-refractivity contribution < 1.29 is 9.53 Å². The van der Waals surface area contributed by atoms with Crippen LogP contribution in [0.2, 0.25) is 0 Å². The SMILES string of the molecule is CCOC(=O)c1ccc(Nc2nncc(NCCN(C)C)n2)cc1. The number of nitrogens with zero attached hydrogens (tertiary/aromatic N) is 4. The van der Waals surface area contributed by atoms with E-state index in [1.54, 1.807) is 37.4 Å². The van der Waals surface area contributed by atoms with Crippen LogP contribution in [-0.4, -0.2) is 59.8 Å². The Hall–Kier alpha value is -2.74. The number of ether oxygens (including phenoxy) is 1. The molecule has 0 atom stereocenters. The summed E-state index contributed by atoms with van der Waals surface area (Å²) in [5.74, 6) is 0.695. The fourth-order valence-electron chi connectivity index (χ4n) is 1.88. The first-order valence-electron chi connectivity index (χ1n) is 7.71. The Kier molecular flexibility index (Phi) is 6.44. The predicted octanol–water partition coefficient (Wildman–Crippen LogP) is 1.77. The number of carbonyl (C=O) groups is 1. The van der Waals surface area contributed by atoms with E-state index in [-0.39, 0.29) is 5.97 Å². The third-order valence-corrected chi connectivity index (χ3v) is 3.08. The van der Waals surface area contributed by atoms with Crippen molar-refractivity contribution in [1.82, 2.24) is 20.1 Å². The maximum absolute atomic E-state index is 11.6. The zero-order chi connectivity index (χ0) is 17.4. The van der Waals surface area contributed by atoms with Crippen LogP contribution in [0.1, 0.15) is 17.3 Å². The molecule has 0 aliphatic carbocycles. The van der Waals surface area contributed by atoms with Crippen LogP contribution in [0.15, 0.2) is 30.5 Å². The third kappa shape index (κ3) is 5.47. The van der Waals surface area contributed by atoms with Gasteiger partial charge in [-0.3, -0.25) is 0 Å². The summed E-state index contributed by atoms with van der Waals surface area (Å²) in [5, 5.41) is 14.1. The van der Waals surface area contributed by atoms with Crippen molar-refractivity contribution in [3.8, 4) is 0 Å². The largest absolute Gasteiger partial charge is 0.462 e. The van der Waals surface area contributed by atoms with Crippen LogP contribution >= 0.6 is 0 Å². The average Bonchev–Trinajstić information content (AvgIpc) is 2.56. The van der Waals surface area contributed by atoms with Gasteiger partial charge in [0.2, 0.25) is 5.95 Å². The summed E-state index contributed by atoms with van der Waals surface area (Å²) in [5.41, 5.74) is 1.26. The van der Waals surface area contributed by atoms with Crippen molar-refractivity contribution in [2.24, 2.45) is 0 Å². The summed E-state index contributed by atoms with van der Waals surface area (Å²) in [7, 11) is 4.01. The molecular formula is C16H22N6O2. The minimum atomic E-state index is -0.339. The van der Waals surface area contributed by atoms with E-state index in [1.807, 2.05) is 14.1 Å². The van der Waals surface area contributed by atoms with E-state index in [0.29, 0.717) is 23.9 Å². The van der Waals surface area contributed by atoms with E-state index >= 15 is 0 Å². The molecule has 0 amide bonds. The molecule has 0 bridgehead atoms. The lowest BCUT2D eigenvalue weighted by Crippen LogP contribution is -2.21. The van der Waals surface area contributed by atoms with Crippen LogP contribution in [0.25, 0.3) is 0 Å². The number of hydrogen-bond donors (Lipinski definition) is 2. The van der Waals surface area contributed by atoms with E-state index in [4.69, 9.17) is 4.74 Å². The number of likely N-dealkylation sites (N-methyl/N-ethyl adjacent to an activating group) is 1. The highest BCUT2D eigenvalue weighted by molar-refractivity contribution is 5.89. The minimum absolute atomic E-state index is 0.339.